The Hall–Kier alpha value is -6.54. The minimum atomic E-state index is -0.410. The fourth-order valence-electron chi connectivity index (χ4n) is 7.41. The van der Waals surface area contributed by atoms with Crippen molar-refractivity contribution in [2.75, 3.05) is 27.2 Å². The molecule has 6 aromatic rings. The monoisotopic (exact) mass is 752 g/mol. The Morgan fingerprint density at radius 2 is 1.39 bits per heavy atom. The molecule has 6 heterocycles. The third-order valence-corrected chi connectivity index (χ3v) is 10.2. The van der Waals surface area contributed by atoms with E-state index in [1.165, 1.54) is 7.11 Å². The lowest BCUT2D eigenvalue weighted by Crippen LogP contribution is -2.39. The van der Waals surface area contributed by atoms with Crippen LogP contribution in [0.15, 0.2) is 104 Å². The largest absolute Gasteiger partial charge is 0.471 e. The minimum Gasteiger partial charge on any atom is -0.471 e. The van der Waals surface area contributed by atoms with E-state index in [0.717, 1.165) is 83.1 Å². The fraction of sp³-hybridized carbons (Fsp3) is 0.286. The van der Waals surface area contributed by atoms with Crippen LogP contribution in [0.3, 0.4) is 0 Å². The van der Waals surface area contributed by atoms with Gasteiger partial charge in [0.2, 0.25) is 11.8 Å². The van der Waals surface area contributed by atoms with Crippen molar-refractivity contribution in [2.45, 2.75) is 50.2 Å². The maximum atomic E-state index is 13.6. The highest BCUT2D eigenvalue weighted by Gasteiger charge is 2.36. The zero-order chi connectivity index (χ0) is 38.9. The lowest BCUT2D eigenvalue weighted by molar-refractivity contribution is -0.134. The van der Waals surface area contributed by atoms with Crippen molar-refractivity contribution in [2.24, 2.45) is 0 Å². The first-order valence-corrected chi connectivity index (χ1v) is 18.7. The summed E-state index contributed by atoms with van der Waals surface area (Å²) < 4.78 is 3.86. The Balaban J connectivity index is 0.00000115. The van der Waals surface area contributed by atoms with Gasteiger partial charge in [-0.1, -0.05) is 60.7 Å². The molecule has 8 rings (SSSR count). The molecule has 3 N–H and O–H groups in total. The maximum absolute atomic E-state index is 13.6. The highest BCUT2D eigenvalue weighted by Crippen LogP contribution is 2.35. The second-order valence-corrected chi connectivity index (χ2v) is 13.7. The van der Waals surface area contributed by atoms with Gasteiger partial charge in [-0.3, -0.25) is 19.4 Å². The minimum absolute atomic E-state index is 0.0467. The number of carbonyl (C=O) groups is 3. The van der Waals surface area contributed by atoms with Crippen LogP contribution in [0, 0.1) is 0 Å². The van der Waals surface area contributed by atoms with Gasteiger partial charge in [0.15, 0.2) is 5.82 Å². The smallest absolute Gasteiger partial charge is 0.292 e. The van der Waals surface area contributed by atoms with E-state index in [0.29, 0.717) is 25.3 Å². The summed E-state index contributed by atoms with van der Waals surface area (Å²) in [4.78, 5) is 69.3. The molecule has 14 nitrogen and oxygen atoms in total. The van der Waals surface area contributed by atoms with Crippen LogP contribution >= 0.6 is 0 Å². The zero-order valence-corrected chi connectivity index (χ0v) is 31.3. The number of aromatic nitrogens is 7. The van der Waals surface area contributed by atoms with Crippen LogP contribution in [-0.2, 0) is 25.5 Å². The average molecular weight is 753 g/mol. The summed E-state index contributed by atoms with van der Waals surface area (Å²) in [6.45, 7) is 1.79. The van der Waals surface area contributed by atoms with E-state index in [1.807, 2.05) is 89.8 Å². The Morgan fingerprint density at radius 1 is 0.786 bits per heavy atom. The number of hydrogen-bond acceptors (Lipinski definition) is 10. The third-order valence-electron chi connectivity index (χ3n) is 10.2. The van der Waals surface area contributed by atoms with E-state index < -0.39 is 6.04 Å². The number of aromatic amines is 2. The Kier molecular flexibility index (Phi) is 12.0. The number of imidazole rings is 2. The molecule has 0 radical (unpaired) electrons. The number of amides is 2. The molecular formula is C42H44N10O4. The quantitative estimate of drug-likeness (QED) is 0.141. The third kappa shape index (κ3) is 8.40. The molecule has 2 amide bonds. The van der Waals surface area contributed by atoms with Crippen LogP contribution in [0.25, 0.3) is 33.9 Å². The van der Waals surface area contributed by atoms with Crippen LogP contribution in [0.1, 0.15) is 66.6 Å². The van der Waals surface area contributed by atoms with Gasteiger partial charge in [-0.2, -0.15) is 0 Å². The second kappa shape index (κ2) is 17.7. The highest BCUT2D eigenvalue weighted by molar-refractivity contribution is 5.84. The summed E-state index contributed by atoms with van der Waals surface area (Å²) in [5, 5.41) is 3.19. The number of H-pyrrole nitrogens is 2. The summed E-state index contributed by atoms with van der Waals surface area (Å²) >= 11 is 0. The van der Waals surface area contributed by atoms with Gasteiger partial charge in [0.1, 0.15) is 17.7 Å². The molecule has 2 fully saturated rings. The standard InChI is InChI=1S/C40H40N10O2.C2H4O2/c1-41-36(28-9-3-2-4-10-28)40(52)50-19-7-12-34(50)39-46-25-32(48-39)30-22-43-37(44-23-30)29-15-13-27(14-16-29)31-24-45-38(47-31)33-11-6-18-49(33)35(51)20-26-8-5-17-42-21-26;1-4-2-3/h2-5,8-10,13-17,21-25,33-34,36,41H,6-7,11-12,18-20H2,1H3,(H,45,47)(H,46,48);2H,1H3/t33-,34-,36+;/m0./s1. The Bertz CT molecular complexity index is 2210. The van der Waals surface area contributed by atoms with Crippen molar-refractivity contribution >= 4 is 18.3 Å². The van der Waals surface area contributed by atoms with Crippen molar-refractivity contribution in [3.63, 3.8) is 0 Å². The van der Waals surface area contributed by atoms with Crippen molar-refractivity contribution in [1.82, 2.24) is 50.0 Å². The van der Waals surface area contributed by atoms with Crippen LogP contribution in [-0.4, -0.2) is 90.2 Å². The molecule has 0 bridgehead atoms. The van der Waals surface area contributed by atoms with Crippen LogP contribution in [0.5, 0.6) is 0 Å². The van der Waals surface area contributed by atoms with Crippen LogP contribution in [0.2, 0.25) is 0 Å². The average Bonchev–Trinajstić information content (AvgIpc) is 4.09. The Morgan fingerprint density at radius 3 is 2.00 bits per heavy atom. The van der Waals surface area contributed by atoms with E-state index >= 15 is 0 Å². The van der Waals surface area contributed by atoms with Gasteiger partial charge in [-0.15, -0.1) is 0 Å². The summed E-state index contributed by atoms with van der Waals surface area (Å²) in [6.07, 6.45) is 14.6. The molecule has 2 aliphatic rings. The zero-order valence-electron chi connectivity index (χ0n) is 31.3. The molecule has 14 heteroatoms. The first-order valence-electron chi connectivity index (χ1n) is 18.7. The molecule has 2 saturated heterocycles. The normalized spacial score (nSPS) is 16.9. The number of carbonyl (C=O) groups excluding carboxylic acids is 3. The van der Waals surface area contributed by atoms with Gasteiger partial charge in [0, 0.05) is 49.0 Å². The lowest BCUT2D eigenvalue weighted by Gasteiger charge is -2.28. The number of rotatable bonds is 11. The molecule has 0 aliphatic carbocycles. The molecule has 56 heavy (non-hydrogen) atoms. The lowest BCUT2D eigenvalue weighted by atomic mass is 10.1. The number of methoxy groups -OCH3 is 1. The maximum Gasteiger partial charge on any atom is 0.292 e. The highest BCUT2D eigenvalue weighted by atomic mass is 16.5. The number of benzene rings is 2. The van der Waals surface area contributed by atoms with E-state index in [2.05, 4.69) is 44.9 Å². The molecule has 2 aliphatic heterocycles. The van der Waals surface area contributed by atoms with E-state index in [4.69, 9.17) is 4.79 Å². The summed E-state index contributed by atoms with van der Waals surface area (Å²) in [7, 11) is 3.13. The van der Waals surface area contributed by atoms with Gasteiger partial charge in [0.05, 0.1) is 49.4 Å². The molecule has 3 atom stereocenters. The van der Waals surface area contributed by atoms with Gasteiger partial charge in [-0.25, -0.2) is 19.9 Å². The molecule has 0 spiro atoms. The van der Waals surface area contributed by atoms with Gasteiger partial charge in [-0.05, 0) is 55.5 Å². The number of likely N-dealkylation sites (tertiary alicyclic amines) is 2. The molecule has 2 aromatic carbocycles. The first kappa shape index (κ1) is 37.8. The number of likely N-dealkylation sites (N-methyl/N-ethyl adjacent to an activating group) is 1. The Labute approximate surface area is 324 Å². The predicted molar refractivity (Wildman–Crippen MR) is 209 cm³/mol. The summed E-state index contributed by atoms with van der Waals surface area (Å²) in [5.41, 5.74) is 6.25. The predicted octanol–water partition coefficient (Wildman–Crippen LogP) is 5.64. The van der Waals surface area contributed by atoms with Crippen molar-refractivity contribution < 1.29 is 19.1 Å². The number of nitrogens with one attached hydrogen (secondary N) is 3. The SMILES string of the molecule is CN[C@@H](C(=O)N1CCC[C@H]1c1ncc(-c2cnc(-c3ccc(-c4cnc([C@@H]5CCCN5C(=O)Cc5cccnc5)[nH]4)cc3)nc2)[nH]1)c1ccccc1.COC=O. The topological polar surface area (TPSA) is 175 Å². The van der Waals surface area contributed by atoms with Crippen molar-refractivity contribution in [1.29, 1.82) is 0 Å². The van der Waals surface area contributed by atoms with Crippen molar-refractivity contribution in [3.8, 4) is 33.9 Å². The number of hydrogen-bond donors (Lipinski definition) is 3. The van der Waals surface area contributed by atoms with Crippen LogP contribution in [0.4, 0.5) is 0 Å². The molecule has 0 saturated carbocycles. The molecule has 0 unspecified atom stereocenters. The number of nitrogens with zero attached hydrogens (tertiary/aromatic N) is 7. The number of pyridine rings is 1. The summed E-state index contributed by atoms with van der Waals surface area (Å²) in [6, 6.07) is 21.0. The van der Waals surface area contributed by atoms with Gasteiger partial charge in [0.25, 0.3) is 6.47 Å². The summed E-state index contributed by atoms with van der Waals surface area (Å²) in [5.74, 6) is 2.32. The first-order chi connectivity index (χ1) is 27.5. The molecule has 4 aromatic heterocycles. The van der Waals surface area contributed by atoms with Gasteiger partial charge >= 0.3 is 0 Å². The molecular weight excluding hydrogens is 709 g/mol. The van der Waals surface area contributed by atoms with E-state index in [9.17, 15) is 9.59 Å². The van der Waals surface area contributed by atoms with Crippen molar-refractivity contribution in [3.05, 3.63) is 127 Å². The van der Waals surface area contributed by atoms with Crippen LogP contribution < -0.4 is 5.32 Å². The van der Waals surface area contributed by atoms with E-state index in [-0.39, 0.29) is 23.9 Å². The molecule has 286 valence electrons. The second-order valence-electron chi connectivity index (χ2n) is 13.7. The van der Waals surface area contributed by atoms with E-state index in [1.54, 1.807) is 31.0 Å². The number of ether oxygens (including phenoxy) is 1. The van der Waals surface area contributed by atoms with Gasteiger partial charge < -0.3 is 29.8 Å². The fourth-order valence-corrected chi connectivity index (χ4v) is 7.41.